The summed E-state index contributed by atoms with van der Waals surface area (Å²) in [5, 5.41) is 11.6. The van der Waals surface area contributed by atoms with Crippen LogP contribution in [-0.4, -0.2) is 33.9 Å². The van der Waals surface area contributed by atoms with Crippen molar-refractivity contribution >= 4 is 44.1 Å². The van der Waals surface area contributed by atoms with Crippen LogP contribution >= 0.6 is 11.3 Å². The molecule has 7 nitrogen and oxygen atoms in total. The van der Waals surface area contributed by atoms with Gasteiger partial charge in [0.2, 0.25) is 0 Å². The van der Waals surface area contributed by atoms with Crippen LogP contribution in [0.15, 0.2) is 66.5 Å². The van der Waals surface area contributed by atoms with Gasteiger partial charge in [-0.15, -0.1) is 0 Å². The summed E-state index contributed by atoms with van der Waals surface area (Å²) >= 11 is 1.34. The number of nitrogens with zero attached hydrogens (tertiary/aromatic N) is 3. The highest BCUT2D eigenvalue weighted by Crippen LogP contribution is 2.44. The van der Waals surface area contributed by atoms with E-state index in [0.29, 0.717) is 22.0 Å². The maximum Gasteiger partial charge on any atom is 0.301 e. The van der Waals surface area contributed by atoms with Crippen LogP contribution in [0.4, 0.5) is 5.13 Å². The number of ether oxygens (including phenoxy) is 1. The number of rotatable bonds is 4. The van der Waals surface area contributed by atoms with Gasteiger partial charge in [-0.1, -0.05) is 29.5 Å². The van der Waals surface area contributed by atoms with E-state index in [2.05, 4.69) is 4.98 Å². The summed E-state index contributed by atoms with van der Waals surface area (Å²) in [6, 6.07) is 13.4. The number of aliphatic hydroxyl groups excluding tert-OH is 1. The largest absolute Gasteiger partial charge is 0.507 e. The Kier molecular flexibility index (Phi) is 5.37. The van der Waals surface area contributed by atoms with Gasteiger partial charge in [-0.2, -0.15) is 0 Å². The third kappa shape index (κ3) is 3.52. The van der Waals surface area contributed by atoms with Crippen LogP contribution in [0.5, 0.6) is 5.75 Å². The van der Waals surface area contributed by atoms with Gasteiger partial charge in [-0.05, 0) is 60.9 Å². The molecule has 8 heteroatoms. The quantitative estimate of drug-likeness (QED) is 0.257. The van der Waals surface area contributed by atoms with Gasteiger partial charge in [-0.3, -0.25) is 19.5 Å². The lowest BCUT2D eigenvalue weighted by Gasteiger charge is -2.22. The van der Waals surface area contributed by atoms with Crippen molar-refractivity contribution in [2.24, 2.45) is 0 Å². The van der Waals surface area contributed by atoms with Crippen LogP contribution in [0.3, 0.4) is 0 Å². The van der Waals surface area contributed by atoms with Crippen molar-refractivity contribution in [3.05, 3.63) is 88.8 Å². The second-order valence-corrected chi connectivity index (χ2v) is 9.12. The van der Waals surface area contributed by atoms with Crippen molar-refractivity contribution in [1.29, 1.82) is 0 Å². The second-order valence-electron chi connectivity index (χ2n) is 8.11. The van der Waals surface area contributed by atoms with Gasteiger partial charge >= 0.3 is 5.91 Å². The lowest BCUT2D eigenvalue weighted by atomic mass is 9.96. The molecule has 2 aromatic carbocycles. The molecule has 1 saturated heterocycles. The van der Waals surface area contributed by atoms with Crippen molar-refractivity contribution in [3.8, 4) is 5.75 Å². The summed E-state index contributed by atoms with van der Waals surface area (Å²) in [6.45, 7) is 3.97. The summed E-state index contributed by atoms with van der Waals surface area (Å²) in [5.41, 5.74) is 3.89. The van der Waals surface area contributed by atoms with Crippen LogP contribution < -0.4 is 9.64 Å². The normalized spacial score (nSPS) is 17.5. The number of aryl methyl sites for hydroxylation is 2. The molecule has 0 aliphatic carbocycles. The SMILES string of the molecule is COc1cccc(/C(O)=C2\C(=O)C(=O)N(c3nc4c(C)cc(C)cc4s3)C2c2ccncc2)c1. The van der Waals surface area contributed by atoms with Crippen molar-refractivity contribution in [2.45, 2.75) is 19.9 Å². The number of amides is 1. The van der Waals surface area contributed by atoms with Crippen LogP contribution in [0.25, 0.3) is 16.0 Å². The molecular weight excluding hydrogens is 450 g/mol. The van der Waals surface area contributed by atoms with Crippen LogP contribution in [0.2, 0.25) is 0 Å². The van der Waals surface area contributed by atoms with Gasteiger partial charge in [0, 0.05) is 18.0 Å². The number of anilines is 1. The molecule has 3 heterocycles. The maximum atomic E-state index is 13.3. The summed E-state index contributed by atoms with van der Waals surface area (Å²) in [4.78, 5) is 36.8. The first-order valence-corrected chi connectivity index (χ1v) is 11.4. The summed E-state index contributed by atoms with van der Waals surface area (Å²) in [6.07, 6.45) is 3.18. The third-order valence-corrected chi connectivity index (χ3v) is 6.84. The number of Topliss-reactive ketones (excluding diaryl/α,β-unsaturated/α-hetero) is 1. The van der Waals surface area contributed by atoms with Crippen LogP contribution in [0.1, 0.15) is 28.3 Å². The smallest absolute Gasteiger partial charge is 0.301 e. The fraction of sp³-hybridized carbons (Fsp3) is 0.154. The van der Waals surface area contributed by atoms with Gasteiger partial charge in [0.1, 0.15) is 11.5 Å². The van der Waals surface area contributed by atoms with Crippen LogP contribution in [-0.2, 0) is 9.59 Å². The first kappa shape index (κ1) is 21.8. The lowest BCUT2D eigenvalue weighted by molar-refractivity contribution is -0.132. The Morgan fingerprint density at radius 3 is 2.59 bits per heavy atom. The van der Waals surface area contributed by atoms with Gasteiger partial charge in [0.05, 0.1) is 28.9 Å². The van der Waals surface area contributed by atoms with E-state index in [9.17, 15) is 14.7 Å². The number of carbonyl (C=O) groups excluding carboxylic acids is 2. The Balaban J connectivity index is 1.73. The van der Waals surface area contributed by atoms with E-state index in [1.165, 1.54) is 23.3 Å². The minimum atomic E-state index is -0.851. The highest BCUT2D eigenvalue weighted by Gasteiger charge is 2.48. The molecule has 0 saturated carbocycles. The molecule has 1 fully saturated rings. The first-order valence-electron chi connectivity index (χ1n) is 10.6. The van der Waals surface area contributed by atoms with Crippen molar-refractivity contribution < 1.29 is 19.4 Å². The number of hydrogen-bond donors (Lipinski definition) is 1. The highest BCUT2D eigenvalue weighted by atomic mass is 32.1. The Morgan fingerprint density at radius 1 is 1.09 bits per heavy atom. The minimum absolute atomic E-state index is 0.00314. The molecule has 1 atom stereocenters. The molecule has 1 aliphatic heterocycles. The average molecular weight is 472 g/mol. The number of carbonyl (C=O) groups is 2. The number of aliphatic hydroxyl groups is 1. The predicted octanol–water partition coefficient (Wildman–Crippen LogP) is 4.94. The molecule has 1 aliphatic rings. The maximum absolute atomic E-state index is 13.3. The molecule has 170 valence electrons. The fourth-order valence-corrected chi connectivity index (χ4v) is 5.45. The third-order valence-electron chi connectivity index (χ3n) is 5.83. The van der Waals surface area contributed by atoms with Crippen LogP contribution in [0, 0.1) is 13.8 Å². The Morgan fingerprint density at radius 2 is 1.85 bits per heavy atom. The molecular formula is C26H21N3O4S. The monoisotopic (exact) mass is 471 g/mol. The molecule has 2 aromatic heterocycles. The standard InChI is InChI=1S/C26H21N3O4S/c1-14-11-15(2)21-19(12-14)34-26(28-21)29-22(16-7-9-27-10-8-16)20(24(31)25(29)32)23(30)17-5-4-6-18(13-17)33-3/h4-13,22,30H,1-3H3/b23-20+. The first-order chi connectivity index (χ1) is 16.4. The van der Waals surface area contributed by atoms with Gasteiger partial charge in [0.15, 0.2) is 5.13 Å². The van der Waals surface area contributed by atoms with Gasteiger partial charge < -0.3 is 9.84 Å². The van der Waals surface area contributed by atoms with Gasteiger partial charge in [0.25, 0.3) is 5.78 Å². The summed E-state index contributed by atoms with van der Waals surface area (Å²) in [5.74, 6) is -1.25. The zero-order chi connectivity index (χ0) is 24.0. The lowest BCUT2D eigenvalue weighted by Crippen LogP contribution is -2.29. The van der Waals surface area contributed by atoms with E-state index in [-0.39, 0.29) is 11.3 Å². The van der Waals surface area contributed by atoms with E-state index < -0.39 is 17.7 Å². The van der Waals surface area contributed by atoms with Crippen molar-refractivity contribution in [1.82, 2.24) is 9.97 Å². The van der Waals surface area contributed by atoms with E-state index in [4.69, 9.17) is 9.72 Å². The number of thiazole rings is 1. The predicted molar refractivity (Wildman–Crippen MR) is 131 cm³/mol. The fourth-order valence-electron chi connectivity index (χ4n) is 4.28. The zero-order valence-corrected chi connectivity index (χ0v) is 19.6. The van der Waals surface area contributed by atoms with Crippen molar-refractivity contribution in [2.75, 3.05) is 12.0 Å². The average Bonchev–Trinajstić information content (AvgIpc) is 3.38. The number of benzene rings is 2. The summed E-state index contributed by atoms with van der Waals surface area (Å²) in [7, 11) is 1.52. The molecule has 0 radical (unpaired) electrons. The molecule has 1 amide bonds. The number of fused-ring (bicyclic) bond motifs is 1. The van der Waals surface area contributed by atoms with E-state index in [1.54, 1.807) is 48.8 Å². The molecule has 5 rings (SSSR count). The summed E-state index contributed by atoms with van der Waals surface area (Å²) < 4.78 is 6.19. The van der Waals surface area contributed by atoms with Crippen molar-refractivity contribution in [3.63, 3.8) is 0 Å². The Hall–Kier alpha value is -4.04. The molecule has 0 bridgehead atoms. The number of aromatic nitrogens is 2. The topological polar surface area (TPSA) is 92.6 Å². The number of hydrogen-bond acceptors (Lipinski definition) is 7. The minimum Gasteiger partial charge on any atom is -0.507 e. The van der Waals surface area contributed by atoms with E-state index in [1.807, 2.05) is 26.0 Å². The van der Waals surface area contributed by atoms with E-state index in [0.717, 1.165) is 21.3 Å². The molecule has 34 heavy (non-hydrogen) atoms. The molecule has 1 unspecified atom stereocenters. The zero-order valence-electron chi connectivity index (χ0n) is 18.8. The number of pyridine rings is 1. The second kappa shape index (κ2) is 8.39. The van der Waals surface area contributed by atoms with Gasteiger partial charge in [-0.25, -0.2) is 4.98 Å². The Bertz CT molecular complexity index is 1480. The van der Waals surface area contributed by atoms with E-state index >= 15 is 0 Å². The molecule has 1 N–H and O–H groups in total. The Labute approximate surface area is 200 Å². The molecule has 4 aromatic rings. The highest BCUT2D eigenvalue weighted by molar-refractivity contribution is 7.22. The number of ketones is 1. The molecule has 0 spiro atoms. The number of methoxy groups -OCH3 is 1.